The zero-order valence-electron chi connectivity index (χ0n) is 10.2. The van der Waals surface area contributed by atoms with Crippen molar-refractivity contribution in [2.75, 3.05) is 0 Å². The minimum absolute atomic E-state index is 0.147. The highest BCUT2D eigenvalue weighted by Crippen LogP contribution is 2.17. The molecule has 1 saturated carbocycles. The Bertz CT molecular complexity index is 499. The Hall–Kier alpha value is -0.950. The molecule has 1 fully saturated rings. The summed E-state index contributed by atoms with van der Waals surface area (Å²) in [6.07, 6.45) is 3.19. The summed E-state index contributed by atoms with van der Waals surface area (Å²) in [6.45, 7) is 0.724. The first-order valence-electron chi connectivity index (χ1n) is 6.06. The first kappa shape index (κ1) is 13.5. The lowest BCUT2D eigenvalue weighted by atomic mass is 10.2. The fraction of sp³-hybridized carbons (Fsp3) is 0.500. The van der Waals surface area contributed by atoms with Crippen molar-refractivity contribution in [3.8, 4) is 0 Å². The van der Waals surface area contributed by atoms with Crippen LogP contribution in [0.2, 0.25) is 0 Å². The van der Waals surface area contributed by atoms with Crippen molar-refractivity contribution in [2.24, 2.45) is 10.9 Å². The molecule has 0 saturated heterocycles. The van der Waals surface area contributed by atoms with Gasteiger partial charge in [0, 0.05) is 18.6 Å². The largest absolute Gasteiger partial charge is 0.328 e. The molecule has 1 aliphatic rings. The molecule has 2 atom stereocenters. The quantitative estimate of drug-likeness (QED) is 0.732. The number of hydrogen-bond acceptors (Lipinski definition) is 4. The average molecular weight is 269 g/mol. The van der Waals surface area contributed by atoms with Crippen molar-refractivity contribution < 1.29 is 8.42 Å². The van der Waals surface area contributed by atoms with Crippen molar-refractivity contribution in [1.82, 2.24) is 5.32 Å². The second-order valence-electron chi connectivity index (χ2n) is 4.84. The number of primary sulfonamides is 1. The molecule has 100 valence electrons. The fourth-order valence-corrected chi connectivity index (χ4v) is 2.78. The third-order valence-electron chi connectivity index (χ3n) is 3.32. The third kappa shape index (κ3) is 3.52. The highest BCUT2D eigenvalue weighted by molar-refractivity contribution is 7.89. The topological polar surface area (TPSA) is 98.2 Å². The number of hydrogen-bond donors (Lipinski definition) is 3. The van der Waals surface area contributed by atoms with Crippen LogP contribution in [0.15, 0.2) is 29.2 Å². The molecule has 0 radical (unpaired) electrons. The monoisotopic (exact) mass is 269 g/mol. The van der Waals surface area contributed by atoms with Crippen LogP contribution in [0, 0.1) is 0 Å². The van der Waals surface area contributed by atoms with E-state index in [-0.39, 0.29) is 4.90 Å². The van der Waals surface area contributed by atoms with Gasteiger partial charge in [0.05, 0.1) is 4.90 Å². The average Bonchev–Trinajstić information content (AvgIpc) is 2.72. The predicted octanol–water partition coefficient (Wildman–Crippen LogP) is 0.303. The van der Waals surface area contributed by atoms with Crippen molar-refractivity contribution in [3.63, 3.8) is 0 Å². The van der Waals surface area contributed by atoms with E-state index in [9.17, 15) is 8.42 Å². The predicted molar refractivity (Wildman–Crippen MR) is 70.3 cm³/mol. The Morgan fingerprint density at radius 3 is 2.39 bits per heavy atom. The van der Waals surface area contributed by atoms with E-state index in [0.717, 1.165) is 31.4 Å². The second kappa shape index (κ2) is 5.36. The summed E-state index contributed by atoms with van der Waals surface area (Å²) in [6, 6.07) is 7.41. The lowest BCUT2D eigenvalue weighted by Crippen LogP contribution is -2.27. The normalized spacial score (nSPS) is 24.3. The van der Waals surface area contributed by atoms with Gasteiger partial charge in [0.15, 0.2) is 0 Å². The Morgan fingerprint density at radius 1 is 1.22 bits per heavy atom. The van der Waals surface area contributed by atoms with E-state index in [1.165, 1.54) is 12.1 Å². The molecule has 0 aliphatic heterocycles. The summed E-state index contributed by atoms with van der Waals surface area (Å²) in [7, 11) is -3.59. The molecule has 1 aromatic carbocycles. The molecule has 5 nitrogen and oxygen atoms in total. The smallest absolute Gasteiger partial charge is 0.238 e. The van der Waals surface area contributed by atoms with Crippen LogP contribution in [0.1, 0.15) is 24.8 Å². The zero-order chi connectivity index (χ0) is 13.2. The number of nitrogens with two attached hydrogens (primary N) is 2. The Labute approximate surface area is 108 Å². The number of nitrogens with one attached hydrogen (secondary N) is 1. The van der Waals surface area contributed by atoms with Crippen LogP contribution in [-0.4, -0.2) is 20.5 Å². The molecular formula is C12H19N3O2S. The van der Waals surface area contributed by atoms with Gasteiger partial charge in [0.2, 0.25) is 10.0 Å². The molecule has 0 aromatic heterocycles. The minimum atomic E-state index is -3.59. The standard InChI is InChI=1S/C12H19N3O2S/c13-10-3-4-11(7-10)15-8-9-1-5-12(6-2-9)18(14,16)17/h1-2,5-6,10-11,15H,3-4,7-8,13H2,(H2,14,16,17). The Morgan fingerprint density at radius 2 is 1.89 bits per heavy atom. The summed E-state index contributed by atoms with van der Waals surface area (Å²) in [4.78, 5) is 0.147. The summed E-state index contributed by atoms with van der Waals surface area (Å²) in [5, 5.41) is 8.46. The van der Waals surface area contributed by atoms with E-state index in [0.29, 0.717) is 12.1 Å². The van der Waals surface area contributed by atoms with Gasteiger partial charge in [-0.1, -0.05) is 12.1 Å². The van der Waals surface area contributed by atoms with E-state index >= 15 is 0 Å². The van der Waals surface area contributed by atoms with Crippen LogP contribution in [0.5, 0.6) is 0 Å². The van der Waals surface area contributed by atoms with E-state index in [1.54, 1.807) is 12.1 Å². The summed E-state index contributed by atoms with van der Waals surface area (Å²) in [5.41, 5.74) is 6.89. The molecule has 1 aliphatic carbocycles. The van der Waals surface area contributed by atoms with Crippen molar-refractivity contribution in [1.29, 1.82) is 0 Å². The van der Waals surface area contributed by atoms with E-state index in [1.807, 2.05) is 0 Å². The summed E-state index contributed by atoms with van der Waals surface area (Å²) < 4.78 is 22.2. The number of rotatable bonds is 4. The molecule has 2 unspecified atom stereocenters. The molecule has 5 N–H and O–H groups in total. The van der Waals surface area contributed by atoms with Crippen LogP contribution >= 0.6 is 0 Å². The van der Waals surface area contributed by atoms with Crippen molar-refractivity contribution in [2.45, 2.75) is 42.8 Å². The van der Waals surface area contributed by atoms with Crippen LogP contribution in [0.4, 0.5) is 0 Å². The van der Waals surface area contributed by atoms with Crippen molar-refractivity contribution >= 4 is 10.0 Å². The van der Waals surface area contributed by atoms with E-state index in [4.69, 9.17) is 10.9 Å². The molecule has 18 heavy (non-hydrogen) atoms. The molecule has 0 spiro atoms. The molecule has 1 aromatic rings. The van der Waals surface area contributed by atoms with Gasteiger partial charge in [-0.3, -0.25) is 0 Å². The fourth-order valence-electron chi connectivity index (χ4n) is 2.26. The maximum Gasteiger partial charge on any atom is 0.238 e. The van der Waals surface area contributed by atoms with Gasteiger partial charge < -0.3 is 11.1 Å². The van der Waals surface area contributed by atoms with Crippen molar-refractivity contribution in [3.05, 3.63) is 29.8 Å². The molecular weight excluding hydrogens is 250 g/mol. The van der Waals surface area contributed by atoms with Gasteiger partial charge in [0.1, 0.15) is 0 Å². The highest BCUT2D eigenvalue weighted by atomic mass is 32.2. The third-order valence-corrected chi connectivity index (χ3v) is 4.25. The van der Waals surface area contributed by atoms with Crippen LogP contribution in [0.25, 0.3) is 0 Å². The molecule has 0 heterocycles. The number of benzene rings is 1. The maximum atomic E-state index is 11.1. The van der Waals surface area contributed by atoms with E-state index < -0.39 is 10.0 Å². The van der Waals surface area contributed by atoms with Gasteiger partial charge in [0.25, 0.3) is 0 Å². The van der Waals surface area contributed by atoms with Gasteiger partial charge in [-0.2, -0.15) is 0 Å². The highest BCUT2D eigenvalue weighted by Gasteiger charge is 2.20. The first-order valence-corrected chi connectivity index (χ1v) is 7.60. The van der Waals surface area contributed by atoms with Gasteiger partial charge >= 0.3 is 0 Å². The van der Waals surface area contributed by atoms with Gasteiger partial charge in [-0.05, 0) is 37.0 Å². The summed E-state index contributed by atoms with van der Waals surface area (Å²) >= 11 is 0. The molecule has 2 rings (SSSR count). The molecule has 0 amide bonds. The molecule has 6 heteroatoms. The Kier molecular flexibility index (Phi) is 4.01. The van der Waals surface area contributed by atoms with Gasteiger partial charge in [-0.25, -0.2) is 13.6 Å². The second-order valence-corrected chi connectivity index (χ2v) is 6.40. The summed E-state index contributed by atoms with van der Waals surface area (Å²) in [5.74, 6) is 0. The van der Waals surface area contributed by atoms with Gasteiger partial charge in [-0.15, -0.1) is 0 Å². The molecule has 0 bridgehead atoms. The SMILES string of the molecule is NC1CCC(NCc2ccc(S(N)(=O)=O)cc2)C1. The Balaban J connectivity index is 1.91. The lowest BCUT2D eigenvalue weighted by molar-refractivity contribution is 0.516. The zero-order valence-corrected chi connectivity index (χ0v) is 11.0. The van der Waals surface area contributed by atoms with Crippen LogP contribution in [-0.2, 0) is 16.6 Å². The maximum absolute atomic E-state index is 11.1. The van der Waals surface area contributed by atoms with Crippen LogP contribution in [0.3, 0.4) is 0 Å². The first-order chi connectivity index (χ1) is 8.45. The van der Waals surface area contributed by atoms with Crippen LogP contribution < -0.4 is 16.2 Å². The lowest BCUT2D eigenvalue weighted by Gasteiger charge is -2.12. The minimum Gasteiger partial charge on any atom is -0.328 e. The van der Waals surface area contributed by atoms with E-state index in [2.05, 4.69) is 5.32 Å². The number of sulfonamides is 1.